The Kier molecular flexibility index (Phi) is 3.67. The van der Waals surface area contributed by atoms with Crippen molar-refractivity contribution in [3.8, 4) is 0 Å². The summed E-state index contributed by atoms with van der Waals surface area (Å²) < 4.78 is 4.52. The van der Waals surface area contributed by atoms with E-state index in [-0.39, 0.29) is 29.9 Å². The molecule has 0 saturated carbocycles. The van der Waals surface area contributed by atoms with Crippen molar-refractivity contribution >= 4 is 11.7 Å². The summed E-state index contributed by atoms with van der Waals surface area (Å²) in [5.41, 5.74) is 5.48. The van der Waals surface area contributed by atoms with Gasteiger partial charge in [-0.25, -0.2) is 0 Å². The first kappa shape index (κ1) is 11.0. The lowest BCUT2D eigenvalue weighted by Crippen LogP contribution is -2.35. The monoisotopic (exact) mass is 212 g/mol. The van der Waals surface area contributed by atoms with Crippen molar-refractivity contribution in [2.75, 3.05) is 0 Å². The van der Waals surface area contributed by atoms with Crippen molar-refractivity contribution in [1.29, 1.82) is 0 Å². The number of amidine groups is 1. The minimum atomic E-state index is -0.359. The Hall–Kier alpha value is -2.05. The second-order valence-corrected chi connectivity index (χ2v) is 3.05. The molecule has 0 aliphatic heterocycles. The average Bonchev–Trinajstić information content (AvgIpc) is 2.70. The molecule has 1 amide bonds. The molecule has 15 heavy (non-hydrogen) atoms. The number of hydrogen-bond acceptors (Lipinski definition) is 5. The predicted molar refractivity (Wildman–Crippen MR) is 51.5 cm³/mol. The third kappa shape index (κ3) is 3.29. The first-order chi connectivity index (χ1) is 7.13. The number of carbonyl (C=O) groups is 1. The maximum Gasteiger partial charge on any atom is 0.273 e. The number of rotatable bonds is 4. The van der Waals surface area contributed by atoms with E-state index in [4.69, 9.17) is 10.9 Å². The molecule has 0 saturated heterocycles. The van der Waals surface area contributed by atoms with E-state index in [9.17, 15) is 4.79 Å². The van der Waals surface area contributed by atoms with Crippen LogP contribution in [-0.4, -0.2) is 28.1 Å². The summed E-state index contributed by atoms with van der Waals surface area (Å²) in [4.78, 5) is 11.4. The molecule has 1 aromatic heterocycles. The highest BCUT2D eigenvalue weighted by molar-refractivity contribution is 5.92. The van der Waals surface area contributed by atoms with E-state index in [1.54, 1.807) is 6.92 Å². The Balaban J connectivity index is 2.45. The smallest absolute Gasteiger partial charge is 0.273 e. The summed E-state index contributed by atoms with van der Waals surface area (Å²) in [6, 6.07) is 1.20. The molecule has 0 radical (unpaired) electrons. The zero-order valence-corrected chi connectivity index (χ0v) is 8.17. The van der Waals surface area contributed by atoms with E-state index < -0.39 is 0 Å². The summed E-state index contributed by atoms with van der Waals surface area (Å²) in [5.74, 6) is -0.301. The third-order valence-electron chi connectivity index (χ3n) is 1.69. The Labute approximate surface area is 85.9 Å². The average molecular weight is 212 g/mol. The Morgan fingerprint density at radius 1 is 1.87 bits per heavy atom. The number of carbonyl (C=O) groups excluding carboxylic acids is 1. The van der Waals surface area contributed by atoms with Gasteiger partial charge in [-0.1, -0.05) is 10.3 Å². The van der Waals surface area contributed by atoms with Gasteiger partial charge in [-0.3, -0.25) is 4.79 Å². The maximum atomic E-state index is 11.4. The Bertz CT molecular complexity index is 347. The number of aromatic nitrogens is 1. The molecule has 0 bridgehead atoms. The fourth-order valence-corrected chi connectivity index (χ4v) is 1.03. The summed E-state index contributed by atoms with van der Waals surface area (Å²) in [6.07, 6.45) is 1.57. The van der Waals surface area contributed by atoms with Gasteiger partial charge in [0.25, 0.3) is 5.91 Å². The topological polar surface area (TPSA) is 114 Å². The summed E-state index contributed by atoms with van der Waals surface area (Å²) in [6.45, 7) is 1.73. The SMILES string of the molecule is CC(CC(N)=NO)NC(=O)c1ccon1. The van der Waals surface area contributed by atoms with E-state index in [1.165, 1.54) is 12.3 Å². The minimum Gasteiger partial charge on any atom is -0.409 e. The van der Waals surface area contributed by atoms with E-state index in [0.29, 0.717) is 0 Å². The standard InChI is InChI=1S/C8H12N4O3/c1-5(4-7(9)11-14)10-8(13)6-2-3-15-12-6/h2-3,5,14H,4H2,1H3,(H2,9,11)(H,10,13). The number of nitrogens with zero attached hydrogens (tertiary/aromatic N) is 2. The van der Waals surface area contributed by atoms with Gasteiger partial charge in [-0.05, 0) is 6.92 Å². The first-order valence-corrected chi connectivity index (χ1v) is 4.31. The quantitative estimate of drug-likeness (QED) is 0.280. The van der Waals surface area contributed by atoms with Crippen LogP contribution in [-0.2, 0) is 0 Å². The number of nitrogens with one attached hydrogen (secondary N) is 1. The van der Waals surface area contributed by atoms with Gasteiger partial charge in [-0.15, -0.1) is 0 Å². The Morgan fingerprint density at radius 3 is 3.13 bits per heavy atom. The molecule has 7 heteroatoms. The third-order valence-corrected chi connectivity index (χ3v) is 1.69. The molecule has 1 heterocycles. The van der Waals surface area contributed by atoms with Crippen LogP contribution in [0.5, 0.6) is 0 Å². The van der Waals surface area contributed by atoms with E-state index in [1.807, 2.05) is 0 Å². The van der Waals surface area contributed by atoms with Crippen LogP contribution in [0, 0.1) is 0 Å². The number of amides is 1. The van der Waals surface area contributed by atoms with Crippen LogP contribution in [0.15, 0.2) is 22.0 Å². The van der Waals surface area contributed by atoms with E-state index >= 15 is 0 Å². The minimum absolute atomic E-state index is 0.0583. The van der Waals surface area contributed by atoms with Crippen LogP contribution in [0.1, 0.15) is 23.8 Å². The van der Waals surface area contributed by atoms with Crippen LogP contribution >= 0.6 is 0 Å². The largest absolute Gasteiger partial charge is 0.409 e. The van der Waals surface area contributed by atoms with Gasteiger partial charge < -0.3 is 20.8 Å². The summed E-state index contributed by atoms with van der Waals surface area (Å²) in [5, 5.41) is 17.2. The summed E-state index contributed by atoms with van der Waals surface area (Å²) in [7, 11) is 0. The van der Waals surface area contributed by atoms with Crippen LogP contribution in [0.4, 0.5) is 0 Å². The molecular weight excluding hydrogens is 200 g/mol. The number of oxime groups is 1. The second kappa shape index (κ2) is 4.99. The van der Waals surface area contributed by atoms with E-state index in [0.717, 1.165) is 0 Å². The summed E-state index contributed by atoms with van der Waals surface area (Å²) >= 11 is 0. The molecule has 1 atom stereocenters. The van der Waals surface area contributed by atoms with Gasteiger partial charge in [-0.2, -0.15) is 0 Å². The van der Waals surface area contributed by atoms with Gasteiger partial charge in [0.1, 0.15) is 12.1 Å². The highest BCUT2D eigenvalue weighted by Gasteiger charge is 2.13. The van der Waals surface area contributed by atoms with E-state index in [2.05, 4.69) is 20.2 Å². The zero-order valence-electron chi connectivity index (χ0n) is 8.17. The molecule has 1 aromatic rings. The fraction of sp³-hybridized carbons (Fsp3) is 0.375. The van der Waals surface area contributed by atoms with Crippen molar-refractivity contribution < 1.29 is 14.5 Å². The maximum absolute atomic E-state index is 11.4. The molecule has 82 valence electrons. The zero-order chi connectivity index (χ0) is 11.3. The van der Waals surface area contributed by atoms with Gasteiger partial charge in [0.05, 0.1) is 0 Å². The molecule has 4 N–H and O–H groups in total. The molecule has 0 aliphatic carbocycles. The number of hydrogen-bond donors (Lipinski definition) is 3. The van der Waals surface area contributed by atoms with Crippen molar-refractivity contribution in [2.45, 2.75) is 19.4 Å². The molecule has 0 aliphatic rings. The molecular formula is C8H12N4O3. The van der Waals surface area contributed by atoms with Gasteiger partial charge in [0.15, 0.2) is 5.69 Å². The second-order valence-electron chi connectivity index (χ2n) is 3.05. The molecule has 0 fully saturated rings. The highest BCUT2D eigenvalue weighted by atomic mass is 16.5. The van der Waals surface area contributed by atoms with Crippen molar-refractivity contribution in [1.82, 2.24) is 10.5 Å². The van der Waals surface area contributed by atoms with Crippen molar-refractivity contribution in [3.05, 3.63) is 18.0 Å². The molecule has 0 spiro atoms. The highest BCUT2D eigenvalue weighted by Crippen LogP contribution is 1.97. The molecule has 7 nitrogen and oxygen atoms in total. The van der Waals surface area contributed by atoms with Gasteiger partial charge >= 0.3 is 0 Å². The predicted octanol–water partition coefficient (Wildman–Crippen LogP) is -0.0706. The van der Waals surface area contributed by atoms with Crippen LogP contribution in [0.2, 0.25) is 0 Å². The molecule has 1 unspecified atom stereocenters. The van der Waals surface area contributed by atoms with Crippen LogP contribution < -0.4 is 11.1 Å². The number of nitrogens with two attached hydrogens (primary N) is 1. The first-order valence-electron chi connectivity index (χ1n) is 4.31. The lowest BCUT2D eigenvalue weighted by atomic mass is 10.2. The van der Waals surface area contributed by atoms with Crippen LogP contribution in [0.3, 0.4) is 0 Å². The van der Waals surface area contributed by atoms with Crippen molar-refractivity contribution in [2.24, 2.45) is 10.9 Å². The lowest BCUT2D eigenvalue weighted by molar-refractivity contribution is 0.0932. The van der Waals surface area contributed by atoms with Crippen LogP contribution in [0.25, 0.3) is 0 Å². The van der Waals surface area contributed by atoms with Crippen molar-refractivity contribution in [3.63, 3.8) is 0 Å². The molecule has 0 aromatic carbocycles. The molecule has 1 rings (SSSR count). The van der Waals surface area contributed by atoms with Gasteiger partial charge in [0.2, 0.25) is 0 Å². The normalized spacial score (nSPS) is 13.5. The Morgan fingerprint density at radius 2 is 2.60 bits per heavy atom. The lowest BCUT2D eigenvalue weighted by Gasteiger charge is -2.11. The fourth-order valence-electron chi connectivity index (χ4n) is 1.03. The van der Waals surface area contributed by atoms with Gasteiger partial charge in [0, 0.05) is 18.5 Å².